The minimum atomic E-state index is -0.422. The van der Waals surface area contributed by atoms with E-state index >= 15 is 0 Å². The Morgan fingerprint density at radius 2 is 2.00 bits per heavy atom. The van der Waals surface area contributed by atoms with Gasteiger partial charge in [-0.2, -0.15) is 0 Å². The van der Waals surface area contributed by atoms with Crippen LogP contribution in [0.25, 0.3) is 5.69 Å². The second kappa shape index (κ2) is 5.31. The van der Waals surface area contributed by atoms with Crippen LogP contribution in [0.2, 0.25) is 0 Å². The van der Waals surface area contributed by atoms with Gasteiger partial charge < -0.3 is 5.11 Å². The van der Waals surface area contributed by atoms with E-state index in [1.54, 1.807) is 24.5 Å². The predicted octanol–water partition coefficient (Wildman–Crippen LogP) is 0.785. The maximum Gasteiger partial charge on any atom is 0.321 e. The lowest BCUT2D eigenvalue weighted by molar-refractivity contribution is -0.670. The highest BCUT2D eigenvalue weighted by molar-refractivity contribution is 5.91. The molecule has 0 saturated carbocycles. The number of aliphatic imine (C=N–C) groups is 1. The normalized spacial score (nSPS) is 11.5. The summed E-state index contributed by atoms with van der Waals surface area (Å²) in [4.78, 5) is 7.71. The quantitative estimate of drug-likeness (QED) is 0.399. The Balaban J connectivity index is 1.88. The van der Waals surface area contributed by atoms with Gasteiger partial charge in [-0.3, -0.25) is 9.51 Å². The fraction of sp³-hybridized carbons (Fsp3) is 0. The zero-order valence-electron chi connectivity index (χ0n) is 10.4. The molecule has 0 N–H and O–H groups in total. The third-order valence-corrected chi connectivity index (χ3v) is 2.60. The standard InChI is InChI=1S/C14H10N4O2/c19-14(11-5-4-8-15-9-11)16-13-10-18(17-20-13)12-6-2-1-3-7-12/h1-10H. The number of hydrogen-bond donors (Lipinski definition) is 0. The second-order valence-electron chi connectivity index (χ2n) is 3.98. The van der Waals surface area contributed by atoms with Gasteiger partial charge in [0.1, 0.15) is 0 Å². The fourth-order valence-electron chi connectivity index (χ4n) is 1.64. The molecular formula is C14H10N4O2. The Bertz CT molecular complexity index is 723. The third-order valence-electron chi connectivity index (χ3n) is 2.60. The summed E-state index contributed by atoms with van der Waals surface area (Å²) >= 11 is 0. The zero-order chi connectivity index (χ0) is 13.8. The van der Waals surface area contributed by atoms with Crippen LogP contribution in [0.4, 0.5) is 5.88 Å². The number of nitrogens with zero attached hydrogens (tertiary/aromatic N) is 4. The van der Waals surface area contributed by atoms with E-state index in [9.17, 15) is 5.11 Å². The number of para-hydroxylation sites is 1. The average Bonchev–Trinajstić information content (AvgIpc) is 2.97. The SMILES string of the molecule is [O-]/C(=N\c1c[n+](-c2ccccc2)no1)c1cccnc1. The first-order chi connectivity index (χ1) is 9.83. The van der Waals surface area contributed by atoms with Crippen molar-refractivity contribution in [3.8, 4) is 5.69 Å². The highest BCUT2D eigenvalue weighted by Crippen LogP contribution is 2.09. The van der Waals surface area contributed by atoms with Crippen molar-refractivity contribution in [2.45, 2.75) is 0 Å². The molecule has 6 heteroatoms. The molecule has 2 aromatic heterocycles. The van der Waals surface area contributed by atoms with E-state index in [-0.39, 0.29) is 5.88 Å². The molecule has 6 nitrogen and oxygen atoms in total. The van der Waals surface area contributed by atoms with Gasteiger partial charge in [0.05, 0.1) is 0 Å². The number of benzene rings is 1. The predicted molar refractivity (Wildman–Crippen MR) is 68.5 cm³/mol. The van der Waals surface area contributed by atoms with Crippen molar-refractivity contribution in [2.24, 2.45) is 4.99 Å². The van der Waals surface area contributed by atoms with Crippen molar-refractivity contribution in [2.75, 3.05) is 0 Å². The fourth-order valence-corrected chi connectivity index (χ4v) is 1.64. The second-order valence-corrected chi connectivity index (χ2v) is 3.98. The molecule has 0 radical (unpaired) electrons. The Kier molecular flexibility index (Phi) is 3.20. The summed E-state index contributed by atoms with van der Waals surface area (Å²) in [6.45, 7) is 0. The molecule has 1 aromatic carbocycles. The van der Waals surface area contributed by atoms with Crippen molar-refractivity contribution in [1.82, 2.24) is 10.3 Å². The molecule has 98 valence electrons. The molecule has 3 aromatic rings. The van der Waals surface area contributed by atoms with Crippen molar-refractivity contribution in [3.63, 3.8) is 0 Å². The van der Waals surface area contributed by atoms with E-state index in [4.69, 9.17) is 4.52 Å². The van der Waals surface area contributed by atoms with Gasteiger partial charge in [-0.15, -0.1) is 0 Å². The Morgan fingerprint density at radius 3 is 2.75 bits per heavy atom. The van der Waals surface area contributed by atoms with Gasteiger partial charge in [0, 0.05) is 36.0 Å². The van der Waals surface area contributed by atoms with Gasteiger partial charge in [-0.25, -0.2) is 4.99 Å². The van der Waals surface area contributed by atoms with Crippen LogP contribution < -0.4 is 9.79 Å². The highest BCUT2D eigenvalue weighted by atomic mass is 16.5. The van der Waals surface area contributed by atoms with Gasteiger partial charge in [0.25, 0.3) is 6.20 Å². The van der Waals surface area contributed by atoms with Gasteiger partial charge in [0.2, 0.25) is 11.0 Å². The van der Waals surface area contributed by atoms with Crippen LogP contribution in [0.1, 0.15) is 5.56 Å². The zero-order valence-corrected chi connectivity index (χ0v) is 10.4. The molecule has 0 aliphatic heterocycles. The first kappa shape index (κ1) is 12.0. The Hall–Kier alpha value is -3.02. The van der Waals surface area contributed by atoms with Crippen molar-refractivity contribution < 1.29 is 14.3 Å². The topological polar surface area (TPSA) is 78.2 Å². The Labute approximate surface area is 114 Å². The number of hydrogen-bond acceptors (Lipinski definition) is 5. The Morgan fingerprint density at radius 1 is 1.15 bits per heavy atom. The lowest BCUT2D eigenvalue weighted by Gasteiger charge is -2.06. The van der Waals surface area contributed by atoms with E-state index in [2.05, 4.69) is 15.2 Å². The molecule has 0 bridgehead atoms. The van der Waals surface area contributed by atoms with E-state index in [1.165, 1.54) is 10.9 Å². The minimum Gasteiger partial charge on any atom is -0.858 e. The van der Waals surface area contributed by atoms with Gasteiger partial charge in [-0.1, -0.05) is 24.3 Å². The summed E-state index contributed by atoms with van der Waals surface area (Å²) in [7, 11) is 0. The van der Waals surface area contributed by atoms with Crippen LogP contribution >= 0.6 is 0 Å². The molecule has 0 aliphatic rings. The van der Waals surface area contributed by atoms with E-state index in [0.29, 0.717) is 5.56 Å². The van der Waals surface area contributed by atoms with Crippen molar-refractivity contribution in [1.29, 1.82) is 0 Å². The molecule has 0 aliphatic carbocycles. The maximum absolute atomic E-state index is 11.9. The number of rotatable bonds is 3. The van der Waals surface area contributed by atoms with Crippen LogP contribution in [-0.2, 0) is 0 Å². The minimum absolute atomic E-state index is 0.141. The van der Waals surface area contributed by atoms with Crippen LogP contribution in [0.5, 0.6) is 0 Å². The van der Waals surface area contributed by atoms with Crippen LogP contribution in [0.15, 0.2) is 70.6 Å². The van der Waals surface area contributed by atoms with E-state index in [1.807, 2.05) is 30.3 Å². The van der Waals surface area contributed by atoms with E-state index in [0.717, 1.165) is 5.69 Å². The smallest absolute Gasteiger partial charge is 0.321 e. The van der Waals surface area contributed by atoms with Gasteiger partial charge >= 0.3 is 5.88 Å². The van der Waals surface area contributed by atoms with E-state index < -0.39 is 5.90 Å². The lowest BCUT2D eigenvalue weighted by Crippen LogP contribution is -2.30. The first-order valence-electron chi connectivity index (χ1n) is 5.93. The third kappa shape index (κ3) is 2.54. The molecule has 2 heterocycles. The van der Waals surface area contributed by atoms with Gasteiger partial charge in [0.15, 0.2) is 0 Å². The number of pyridine rings is 1. The summed E-state index contributed by atoms with van der Waals surface area (Å²) < 4.78 is 6.53. The van der Waals surface area contributed by atoms with Crippen LogP contribution in [0, 0.1) is 0 Å². The molecular weight excluding hydrogens is 256 g/mol. The monoisotopic (exact) mass is 266 g/mol. The molecule has 0 fully saturated rings. The average molecular weight is 266 g/mol. The highest BCUT2D eigenvalue weighted by Gasteiger charge is 2.13. The molecule has 3 rings (SSSR count). The summed E-state index contributed by atoms with van der Waals surface area (Å²) in [6, 6.07) is 12.7. The molecule has 0 atom stereocenters. The van der Waals surface area contributed by atoms with Crippen LogP contribution in [-0.4, -0.2) is 16.2 Å². The van der Waals surface area contributed by atoms with Crippen molar-refractivity contribution in [3.05, 3.63) is 66.6 Å². The molecule has 0 saturated heterocycles. The maximum atomic E-state index is 11.9. The summed E-state index contributed by atoms with van der Waals surface area (Å²) in [5.41, 5.74) is 1.22. The molecule has 0 spiro atoms. The number of aromatic nitrogens is 3. The van der Waals surface area contributed by atoms with Crippen LogP contribution in [0.3, 0.4) is 0 Å². The largest absolute Gasteiger partial charge is 0.858 e. The lowest BCUT2D eigenvalue weighted by atomic mass is 10.3. The summed E-state index contributed by atoms with van der Waals surface area (Å²) in [6.07, 6.45) is 4.59. The van der Waals surface area contributed by atoms with Crippen molar-refractivity contribution >= 4 is 11.8 Å². The summed E-state index contributed by atoms with van der Waals surface area (Å²) in [5.74, 6) is -0.280. The molecule has 20 heavy (non-hydrogen) atoms. The molecule has 0 unspecified atom stereocenters. The first-order valence-corrected chi connectivity index (χ1v) is 5.93. The van der Waals surface area contributed by atoms with Gasteiger partial charge in [-0.05, 0) is 10.7 Å². The summed E-state index contributed by atoms with van der Waals surface area (Å²) in [5, 5.41) is 15.7. The molecule has 0 amide bonds.